The maximum atomic E-state index is 5.87. The lowest BCUT2D eigenvalue weighted by Crippen LogP contribution is -2.25. The van der Waals surface area contributed by atoms with Gasteiger partial charge in [0, 0.05) is 17.9 Å². The van der Waals surface area contributed by atoms with Crippen LogP contribution in [0.5, 0.6) is 0 Å². The topological polar surface area (TPSA) is 64.9 Å². The van der Waals surface area contributed by atoms with Gasteiger partial charge in [0.25, 0.3) is 0 Å². The standard InChI is InChI=1S/C11H17N3O/c12-9-5-3-8(4-6-9)11-14-13-10(15-11)7-1-2-7/h7-9H,1-6,12H2/t8-,9-. The van der Waals surface area contributed by atoms with E-state index in [1.54, 1.807) is 0 Å². The lowest BCUT2D eigenvalue weighted by molar-refractivity contribution is 0.330. The predicted octanol–water partition coefficient (Wildman–Crippen LogP) is 1.93. The number of aromatic nitrogens is 2. The van der Waals surface area contributed by atoms with Gasteiger partial charge in [0.15, 0.2) is 0 Å². The molecule has 82 valence electrons. The maximum Gasteiger partial charge on any atom is 0.219 e. The van der Waals surface area contributed by atoms with E-state index in [1.807, 2.05) is 0 Å². The van der Waals surface area contributed by atoms with E-state index in [-0.39, 0.29) is 0 Å². The molecule has 0 aromatic carbocycles. The quantitative estimate of drug-likeness (QED) is 0.804. The number of hydrogen-bond donors (Lipinski definition) is 1. The van der Waals surface area contributed by atoms with Crippen LogP contribution in [-0.4, -0.2) is 16.2 Å². The average Bonchev–Trinajstić information content (AvgIpc) is 2.99. The third-order valence-electron chi connectivity index (χ3n) is 3.50. The molecule has 3 rings (SSSR count). The molecule has 2 aliphatic rings. The average molecular weight is 207 g/mol. The van der Waals surface area contributed by atoms with E-state index in [9.17, 15) is 0 Å². The lowest BCUT2D eigenvalue weighted by Gasteiger charge is -2.23. The van der Waals surface area contributed by atoms with Crippen molar-refractivity contribution >= 4 is 0 Å². The molecule has 2 N–H and O–H groups in total. The molecule has 2 aliphatic carbocycles. The Kier molecular flexibility index (Phi) is 2.24. The molecule has 0 amide bonds. The van der Waals surface area contributed by atoms with E-state index in [0.717, 1.165) is 37.5 Å². The first-order chi connectivity index (χ1) is 7.33. The van der Waals surface area contributed by atoms with Gasteiger partial charge in [-0.2, -0.15) is 0 Å². The fraction of sp³-hybridized carbons (Fsp3) is 0.818. The summed E-state index contributed by atoms with van der Waals surface area (Å²) in [7, 11) is 0. The first kappa shape index (κ1) is 9.33. The van der Waals surface area contributed by atoms with E-state index >= 15 is 0 Å². The molecule has 0 aliphatic heterocycles. The Morgan fingerprint density at radius 2 is 1.33 bits per heavy atom. The van der Waals surface area contributed by atoms with Gasteiger partial charge < -0.3 is 10.2 Å². The third kappa shape index (κ3) is 1.91. The highest BCUT2D eigenvalue weighted by molar-refractivity contribution is 5.02. The second-order valence-corrected chi connectivity index (χ2v) is 4.86. The summed E-state index contributed by atoms with van der Waals surface area (Å²) in [4.78, 5) is 0. The van der Waals surface area contributed by atoms with E-state index in [0.29, 0.717) is 17.9 Å². The van der Waals surface area contributed by atoms with Gasteiger partial charge in [0.2, 0.25) is 11.8 Å². The molecule has 0 spiro atoms. The predicted molar refractivity (Wildman–Crippen MR) is 55.5 cm³/mol. The Balaban J connectivity index is 1.69. The summed E-state index contributed by atoms with van der Waals surface area (Å²) in [6, 6.07) is 0.382. The van der Waals surface area contributed by atoms with Crippen molar-refractivity contribution in [2.75, 3.05) is 0 Å². The molecule has 0 atom stereocenters. The van der Waals surface area contributed by atoms with Crippen molar-refractivity contribution in [3.05, 3.63) is 11.8 Å². The first-order valence-corrected chi connectivity index (χ1v) is 5.92. The van der Waals surface area contributed by atoms with Gasteiger partial charge in [-0.15, -0.1) is 10.2 Å². The molecule has 1 aromatic rings. The van der Waals surface area contributed by atoms with Crippen LogP contribution in [0.2, 0.25) is 0 Å². The number of nitrogens with zero attached hydrogens (tertiary/aromatic N) is 2. The summed E-state index contributed by atoms with van der Waals surface area (Å²) >= 11 is 0. The molecule has 1 heterocycles. The van der Waals surface area contributed by atoms with Crippen molar-refractivity contribution in [1.29, 1.82) is 0 Å². The minimum atomic E-state index is 0.382. The highest BCUT2D eigenvalue weighted by atomic mass is 16.4. The summed E-state index contributed by atoms with van der Waals surface area (Å²) in [5.41, 5.74) is 5.87. The van der Waals surface area contributed by atoms with Crippen LogP contribution in [0.3, 0.4) is 0 Å². The molecule has 4 nitrogen and oxygen atoms in total. The second-order valence-electron chi connectivity index (χ2n) is 4.86. The minimum absolute atomic E-state index is 0.382. The molecule has 0 saturated heterocycles. The second kappa shape index (κ2) is 3.59. The normalized spacial score (nSPS) is 31.8. The van der Waals surface area contributed by atoms with Crippen molar-refractivity contribution in [3.8, 4) is 0 Å². The summed E-state index contributed by atoms with van der Waals surface area (Å²) in [6.07, 6.45) is 6.83. The summed E-state index contributed by atoms with van der Waals surface area (Å²) in [6.45, 7) is 0. The van der Waals surface area contributed by atoms with Crippen LogP contribution in [0.1, 0.15) is 62.1 Å². The molecule has 1 aromatic heterocycles. The zero-order valence-electron chi connectivity index (χ0n) is 8.85. The van der Waals surface area contributed by atoms with E-state index in [2.05, 4.69) is 10.2 Å². The first-order valence-electron chi connectivity index (χ1n) is 5.92. The molecule has 0 unspecified atom stereocenters. The Hall–Kier alpha value is -0.900. The van der Waals surface area contributed by atoms with Crippen molar-refractivity contribution < 1.29 is 4.42 Å². The van der Waals surface area contributed by atoms with E-state index in [1.165, 1.54) is 12.8 Å². The molecular weight excluding hydrogens is 190 g/mol. The van der Waals surface area contributed by atoms with Crippen LogP contribution in [0.25, 0.3) is 0 Å². The van der Waals surface area contributed by atoms with Gasteiger partial charge in [0.05, 0.1) is 0 Å². The van der Waals surface area contributed by atoms with Crippen molar-refractivity contribution in [3.63, 3.8) is 0 Å². The van der Waals surface area contributed by atoms with Gasteiger partial charge in [-0.05, 0) is 38.5 Å². The van der Waals surface area contributed by atoms with Gasteiger partial charge in [-0.1, -0.05) is 0 Å². The third-order valence-corrected chi connectivity index (χ3v) is 3.50. The highest BCUT2D eigenvalue weighted by Crippen LogP contribution is 2.40. The number of nitrogens with two attached hydrogens (primary N) is 1. The van der Waals surface area contributed by atoms with Crippen molar-refractivity contribution in [2.45, 2.75) is 56.4 Å². The summed E-state index contributed by atoms with van der Waals surface area (Å²) < 4.78 is 5.72. The molecule has 2 saturated carbocycles. The maximum absolute atomic E-state index is 5.87. The number of hydrogen-bond acceptors (Lipinski definition) is 4. The zero-order valence-corrected chi connectivity index (χ0v) is 8.85. The fourth-order valence-corrected chi connectivity index (χ4v) is 2.27. The van der Waals surface area contributed by atoms with E-state index < -0.39 is 0 Å². The molecule has 0 bridgehead atoms. The minimum Gasteiger partial charge on any atom is -0.425 e. The molecule has 15 heavy (non-hydrogen) atoms. The van der Waals surface area contributed by atoms with Crippen molar-refractivity contribution in [2.24, 2.45) is 5.73 Å². The summed E-state index contributed by atoms with van der Waals surface area (Å²) in [5.74, 6) is 2.74. The van der Waals surface area contributed by atoms with E-state index in [4.69, 9.17) is 10.2 Å². The van der Waals surface area contributed by atoms with Crippen LogP contribution < -0.4 is 5.73 Å². The Bertz CT molecular complexity index is 337. The van der Waals surface area contributed by atoms with Crippen LogP contribution >= 0.6 is 0 Å². The highest BCUT2D eigenvalue weighted by Gasteiger charge is 2.31. The Morgan fingerprint density at radius 3 is 1.80 bits per heavy atom. The van der Waals surface area contributed by atoms with Crippen LogP contribution in [0.15, 0.2) is 4.42 Å². The Labute approximate surface area is 89.2 Å². The zero-order chi connectivity index (χ0) is 10.3. The fourth-order valence-electron chi connectivity index (χ4n) is 2.27. The van der Waals surface area contributed by atoms with Crippen LogP contribution in [0.4, 0.5) is 0 Å². The van der Waals surface area contributed by atoms with Gasteiger partial charge in [-0.25, -0.2) is 0 Å². The van der Waals surface area contributed by atoms with Crippen molar-refractivity contribution in [1.82, 2.24) is 10.2 Å². The van der Waals surface area contributed by atoms with Crippen LogP contribution in [0, 0.1) is 0 Å². The monoisotopic (exact) mass is 207 g/mol. The Morgan fingerprint density at radius 1 is 0.867 bits per heavy atom. The smallest absolute Gasteiger partial charge is 0.219 e. The molecule has 4 heteroatoms. The summed E-state index contributed by atoms with van der Waals surface area (Å²) in [5, 5.41) is 8.29. The van der Waals surface area contributed by atoms with Gasteiger partial charge in [0.1, 0.15) is 0 Å². The lowest BCUT2D eigenvalue weighted by atomic mass is 9.86. The number of rotatable bonds is 2. The van der Waals surface area contributed by atoms with Gasteiger partial charge in [-0.3, -0.25) is 0 Å². The molecule has 2 fully saturated rings. The largest absolute Gasteiger partial charge is 0.425 e. The SMILES string of the molecule is N[C@H]1CC[C@H](c2nnc(C3CC3)o2)CC1. The van der Waals surface area contributed by atoms with Gasteiger partial charge >= 0.3 is 0 Å². The molecule has 0 radical (unpaired) electrons. The van der Waals surface area contributed by atoms with Crippen LogP contribution in [-0.2, 0) is 0 Å². The molecular formula is C11H17N3O.